The molecule has 0 saturated heterocycles. The summed E-state index contributed by atoms with van der Waals surface area (Å²) >= 11 is 0. The number of unbranched alkanes of at least 4 members (excludes halogenated alkanes) is 2. The lowest BCUT2D eigenvalue weighted by molar-refractivity contribution is 0.140. The zero-order valence-electron chi connectivity index (χ0n) is 11.9. The van der Waals surface area contributed by atoms with Crippen molar-refractivity contribution in [3.63, 3.8) is 0 Å². The average molecular weight is 268 g/mol. The first kappa shape index (κ1) is 15.4. The van der Waals surface area contributed by atoms with Crippen LogP contribution in [0.1, 0.15) is 31.7 Å². The summed E-state index contributed by atoms with van der Waals surface area (Å²) in [4.78, 5) is 0. The van der Waals surface area contributed by atoms with Crippen molar-refractivity contribution >= 4 is 14.0 Å². The zero-order chi connectivity index (χ0) is 13.4. The highest BCUT2D eigenvalue weighted by Crippen LogP contribution is 2.10. The van der Waals surface area contributed by atoms with Gasteiger partial charge in [0.05, 0.1) is 0 Å². The predicted molar refractivity (Wildman–Crippen MR) is 76.1 cm³/mol. The van der Waals surface area contributed by atoms with E-state index in [0.29, 0.717) is 0 Å². The SMILES string of the molecule is CCCCCc1ccc([Si](OC)(OC)OC)cc1. The molecular formula is C14H24O3Si. The molecule has 0 aliphatic carbocycles. The normalized spacial score (nSPS) is 11.8. The number of hydrogen-bond acceptors (Lipinski definition) is 3. The number of aryl methyl sites for hydroxylation is 1. The summed E-state index contributed by atoms with van der Waals surface area (Å²) in [6.07, 6.45) is 4.92. The molecule has 1 aromatic rings. The minimum Gasteiger partial charge on any atom is -0.373 e. The Morgan fingerprint density at radius 3 is 1.89 bits per heavy atom. The fourth-order valence-corrected chi connectivity index (χ4v) is 3.84. The molecule has 4 heteroatoms. The molecule has 1 rings (SSSR count). The van der Waals surface area contributed by atoms with Crippen molar-refractivity contribution in [2.75, 3.05) is 21.3 Å². The largest absolute Gasteiger partial charge is 0.536 e. The van der Waals surface area contributed by atoms with Gasteiger partial charge in [-0.25, -0.2) is 0 Å². The first-order chi connectivity index (χ1) is 8.72. The van der Waals surface area contributed by atoms with Crippen molar-refractivity contribution in [3.8, 4) is 0 Å². The van der Waals surface area contributed by atoms with Gasteiger partial charge in [-0.3, -0.25) is 0 Å². The molecule has 1 aromatic carbocycles. The molecule has 0 aromatic heterocycles. The standard InChI is InChI=1S/C14H24O3Si/c1-5-6-7-8-13-9-11-14(12-10-13)18(15-2,16-3)17-4/h9-12H,5-8H2,1-4H3. The highest BCUT2D eigenvalue weighted by Gasteiger charge is 2.40. The summed E-state index contributed by atoms with van der Waals surface area (Å²) < 4.78 is 16.4. The van der Waals surface area contributed by atoms with E-state index < -0.39 is 8.80 Å². The molecule has 0 aliphatic rings. The van der Waals surface area contributed by atoms with E-state index in [9.17, 15) is 0 Å². The van der Waals surface area contributed by atoms with Gasteiger partial charge in [-0.1, -0.05) is 44.0 Å². The summed E-state index contributed by atoms with van der Waals surface area (Å²) in [6, 6.07) is 8.40. The molecule has 0 atom stereocenters. The van der Waals surface area contributed by atoms with Gasteiger partial charge in [-0.05, 0) is 18.4 Å². The predicted octanol–water partition coefficient (Wildman–Crippen LogP) is 2.50. The van der Waals surface area contributed by atoms with E-state index >= 15 is 0 Å². The van der Waals surface area contributed by atoms with Crippen LogP contribution in [-0.4, -0.2) is 30.1 Å². The Kier molecular flexibility index (Phi) is 6.57. The van der Waals surface area contributed by atoms with Crippen molar-refractivity contribution in [2.24, 2.45) is 0 Å². The monoisotopic (exact) mass is 268 g/mol. The van der Waals surface area contributed by atoms with E-state index in [2.05, 4.69) is 31.2 Å². The van der Waals surface area contributed by atoms with Crippen LogP contribution in [0.4, 0.5) is 0 Å². The molecule has 0 fully saturated rings. The van der Waals surface area contributed by atoms with E-state index in [0.717, 1.165) is 11.6 Å². The van der Waals surface area contributed by atoms with E-state index in [1.54, 1.807) is 21.3 Å². The smallest absolute Gasteiger partial charge is 0.373 e. The fourth-order valence-electron chi connectivity index (χ4n) is 2.06. The topological polar surface area (TPSA) is 27.7 Å². The Morgan fingerprint density at radius 1 is 0.889 bits per heavy atom. The average Bonchev–Trinajstić information content (AvgIpc) is 2.43. The minimum atomic E-state index is -2.65. The molecule has 3 nitrogen and oxygen atoms in total. The zero-order valence-corrected chi connectivity index (χ0v) is 12.9. The molecule has 0 N–H and O–H groups in total. The third-order valence-electron chi connectivity index (χ3n) is 3.18. The molecule has 0 radical (unpaired) electrons. The van der Waals surface area contributed by atoms with E-state index in [4.69, 9.17) is 13.3 Å². The molecule has 0 spiro atoms. The summed E-state index contributed by atoms with van der Waals surface area (Å²) in [7, 11) is 2.25. The van der Waals surface area contributed by atoms with Crippen LogP contribution in [0.5, 0.6) is 0 Å². The van der Waals surface area contributed by atoms with Gasteiger partial charge in [0.15, 0.2) is 0 Å². The van der Waals surface area contributed by atoms with Gasteiger partial charge in [0.1, 0.15) is 0 Å². The summed E-state index contributed by atoms with van der Waals surface area (Å²) in [5, 5.41) is 1.01. The maximum absolute atomic E-state index is 5.46. The van der Waals surface area contributed by atoms with Crippen LogP contribution in [0.3, 0.4) is 0 Å². The molecular weight excluding hydrogens is 244 g/mol. The van der Waals surface area contributed by atoms with Crippen LogP contribution in [0.25, 0.3) is 0 Å². The van der Waals surface area contributed by atoms with E-state index in [-0.39, 0.29) is 0 Å². The van der Waals surface area contributed by atoms with Gasteiger partial charge in [0.25, 0.3) is 0 Å². The molecule has 0 unspecified atom stereocenters. The molecule has 0 amide bonds. The lowest BCUT2D eigenvalue weighted by Gasteiger charge is -2.24. The lowest BCUT2D eigenvalue weighted by Crippen LogP contribution is -2.54. The molecule has 102 valence electrons. The molecule has 0 heterocycles. The van der Waals surface area contributed by atoms with Crippen molar-refractivity contribution in [2.45, 2.75) is 32.6 Å². The molecule has 0 bridgehead atoms. The second-order valence-corrected chi connectivity index (χ2v) is 7.24. The first-order valence-corrected chi connectivity index (χ1v) is 8.19. The van der Waals surface area contributed by atoms with Crippen LogP contribution in [0.15, 0.2) is 24.3 Å². The summed E-state index contributed by atoms with van der Waals surface area (Å²) in [5.41, 5.74) is 1.36. The quantitative estimate of drug-likeness (QED) is 0.535. The Labute approximate surface area is 111 Å². The van der Waals surface area contributed by atoms with Gasteiger partial charge in [-0.15, -0.1) is 0 Å². The second-order valence-electron chi connectivity index (χ2n) is 4.32. The van der Waals surface area contributed by atoms with E-state index in [1.807, 2.05) is 0 Å². The maximum atomic E-state index is 5.46. The number of benzene rings is 1. The van der Waals surface area contributed by atoms with Crippen LogP contribution < -0.4 is 5.19 Å². The van der Waals surface area contributed by atoms with Gasteiger partial charge in [0, 0.05) is 26.5 Å². The maximum Gasteiger partial charge on any atom is 0.536 e. The fraction of sp³-hybridized carbons (Fsp3) is 0.571. The Balaban J connectivity index is 2.74. The molecule has 18 heavy (non-hydrogen) atoms. The Hall–Kier alpha value is -0.683. The van der Waals surface area contributed by atoms with Crippen molar-refractivity contribution < 1.29 is 13.3 Å². The second kappa shape index (κ2) is 7.69. The van der Waals surface area contributed by atoms with Crippen LogP contribution in [0.2, 0.25) is 0 Å². The Morgan fingerprint density at radius 2 is 1.44 bits per heavy atom. The first-order valence-electron chi connectivity index (χ1n) is 6.47. The van der Waals surface area contributed by atoms with Crippen molar-refractivity contribution in [1.82, 2.24) is 0 Å². The van der Waals surface area contributed by atoms with Crippen LogP contribution in [-0.2, 0) is 19.7 Å². The lowest BCUT2D eigenvalue weighted by atomic mass is 10.1. The third kappa shape index (κ3) is 3.65. The van der Waals surface area contributed by atoms with Crippen molar-refractivity contribution in [3.05, 3.63) is 29.8 Å². The van der Waals surface area contributed by atoms with Crippen LogP contribution >= 0.6 is 0 Å². The number of rotatable bonds is 8. The van der Waals surface area contributed by atoms with Crippen LogP contribution in [0, 0.1) is 0 Å². The summed E-state index contributed by atoms with van der Waals surface area (Å²) in [6.45, 7) is 2.22. The van der Waals surface area contributed by atoms with Gasteiger partial charge >= 0.3 is 8.80 Å². The highest BCUT2D eigenvalue weighted by molar-refractivity contribution is 6.75. The number of hydrogen-bond donors (Lipinski definition) is 0. The molecule has 0 saturated carbocycles. The third-order valence-corrected chi connectivity index (χ3v) is 5.84. The van der Waals surface area contributed by atoms with Gasteiger partial charge in [0.2, 0.25) is 0 Å². The van der Waals surface area contributed by atoms with Gasteiger partial charge < -0.3 is 13.3 Å². The van der Waals surface area contributed by atoms with Crippen molar-refractivity contribution in [1.29, 1.82) is 0 Å². The highest BCUT2D eigenvalue weighted by atomic mass is 28.4. The molecule has 0 aliphatic heterocycles. The summed E-state index contributed by atoms with van der Waals surface area (Å²) in [5.74, 6) is 0. The Bertz CT molecular complexity index is 325. The van der Waals surface area contributed by atoms with Gasteiger partial charge in [-0.2, -0.15) is 0 Å². The van der Waals surface area contributed by atoms with E-state index in [1.165, 1.54) is 24.8 Å². The minimum absolute atomic E-state index is 1.01.